The van der Waals surface area contributed by atoms with Crippen molar-refractivity contribution >= 4 is 33.6 Å². The molecule has 0 saturated carbocycles. The molecular formula is C16H20BrNOS. The molecule has 0 saturated heterocycles. The normalized spacial score (nSPS) is 17.9. The number of thioether (sulfide) groups is 1. The van der Waals surface area contributed by atoms with Crippen molar-refractivity contribution < 1.29 is 4.79 Å². The van der Waals surface area contributed by atoms with Crippen LogP contribution in [0.25, 0.3) is 0 Å². The number of rotatable bonds is 6. The number of benzene rings is 1. The smallest absolute Gasteiger partial charge is 0.220 e. The first-order valence-corrected chi connectivity index (χ1v) is 8.82. The van der Waals surface area contributed by atoms with E-state index in [9.17, 15) is 4.79 Å². The average Bonchev–Trinajstić information content (AvgIpc) is 2.48. The molecule has 1 aromatic rings. The second-order valence-electron chi connectivity index (χ2n) is 4.98. The summed E-state index contributed by atoms with van der Waals surface area (Å²) < 4.78 is 1.10. The number of carbonyl (C=O) groups is 1. The highest BCUT2D eigenvalue weighted by Gasteiger charge is 2.11. The van der Waals surface area contributed by atoms with Gasteiger partial charge in [-0.05, 0) is 53.2 Å². The minimum absolute atomic E-state index is 0.166. The third kappa shape index (κ3) is 5.33. The molecule has 1 aromatic carbocycles. The lowest BCUT2D eigenvalue weighted by atomic mass is 9.94. The lowest BCUT2D eigenvalue weighted by Gasteiger charge is -2.18. The molecular weight excluding hydrogens is 334 g/mol. The maximum Gasteiger partial charge on any atom is 0.220 e. The van der Waals surface area contributed by atoms with Crippen LogP contribution in [0, 0.1) is 5.92 Å². The van der Waals surface area contributed by atoms with Crippen LogP contribution in [0.4, 0.5) is 0 Å². The van der Waals surface area contributed by atoms with Crippen LogP contribution in [0.2, 0.25) is 0 Å². The van der Waals surface area contributed by atoms with Gasteiger partial charge in [-0.15, -0.1) is 11.8 Å². The molecule has 0 spiro atoms. The summed E-state index contributed by atoms with van der Waals surface area (Å²) in [5.41, 5.74) is 0. The molecule has 1 atom stereocenters. The Morgan fingerprint density at radius 2 is 2.20 bits per heavy atom. The first kappa shape index (κ1) is 15.6. The van der Waals surface area contributed by atoms with E-state index < -0.39 is 0 Å². The highest BCUT2D eigenvalue weighted by atomic mass is 79.9. The highest BCUT2D eigenvalue weighted by Crippen LogP contribution is 2.27. The maximum atomic E-state index is 11.8. The van der Waals surface area contributed by atoms with Gasteiger partial charge in [-0.25, -0.2) is 0 Å². The van der Waals surface area contributed by atoms with E-state index in [1.54, 1.807) is 11.8 Å². The minimum atomic E-state index is 0.166. The number of carbonyl (C=O) groups excluding carboxylic acids is 1. The van der Waals surface area contributed by atoms with Gasteiger partial charge in [0.25, 0.3) is 0 Å². The van der Waals surface area contributed by atoms with E-state index in [4.69, 9.17) is 0 Å². The predicted molar refractivity (Wildman–Crippen MR) is 89.0 cm³/mol. The molecule has 108 valence electrons. The fraction of sp³-hybridized carbons (Fsp3) is 0.438. The Balaban J connectivity index is 1.63. The molecule has 0 bridgehead atoms. The molecule has 0 aliphatic heterocycles. The third-order valence-electron chi connectivity index (χ3n) is 3.39. The lowest BCUT2D eigenvalue weighted by molar-refractivity contribution is -0.120. The molecule has 20 heavy (non-hydrogen) atoms. The molecule has 4 heteroatoms. The van der Waals surface area contributed by atoms with Crippen LogP contribution in [-0.2, 0) is 4.79 Å². The molecule has 2 rings (SSSR count). The third-order valence-corrected chi connectivity index (χ3v) is 5.42. The Kier molecular flexibility index (Phi) is 6.67. The molecule has 1 amide bonds. The van der Waals surface area contributed by atoms with Crippen LogP contribution >= 0.6 is 27.7 Å². The fourth-order valence-electron chi connectivity index (χ4n) is 2.20. The van der Waals surface area contributed by atoms with Crippen LogP contribution in [0.3, 0.4) is 0 Å². The summed E-state index contributed by atoms with van der Waals surface area (Å²) in [6.45, 7) is 0.822. The standard InChI is InChI=1S/C16H20BrNOS/c17-14-8-4-5-9-15(14)20-11-10-16(19)18-12-13-6-2-1-3-7-13/h1-2,4-5,8-9,13H,3,6-7,10-12H2,(H,18,19). The summed E-state index contributed by atoms with van der Waals surface area (Å²) in [4.78, 5) is 13.0. The monoisotopic (exact) mass is 353 g/mol. The molecule has 1 aliphatic rings. The van der Waals surface area contributed by atoms with Gasteiger partial charge in [-0.3, -0.25) is 4.79 Å². The van der Waals surface area contributed by atoms with Gasteiger partial charge in [0.05, 0.1) is 0 Å². The van der Waals surface area contributed by atoms with Crippen LogP contribution < -0.4 is 5.32 Å². The van der Waals surface area contributed by atoms with Crippen LogP contribution in [0.15, 0.2) is 45.8 Å². The lowest BCUT2D eigenvalue weighted by Crippen LogP contribution is -2.29. The molecule has 0 radical (unpaired) electrons. The van der Waals surface area contributed by atoms with Gasteiger partial charge in [-0.2, -0.15) is 0 Å². The second kappa shape index (κ2) is 8.53. The van der Waals surface area contributed by atoms with Crippen LogP contribution in [0.1, 0.15) is 25.7 Å². The molecule has 1 N–H and O–H groups in total. The van der Waals surface area contributed by atoms with Crippen molar-refractivity contribution in [2.45, 2.75) is 30.6 Å². The molecule has 1 unspecified atom stereocenters. The summed E-state index contributed by atoms with van der Waals surface area (Å²) >= 11 is 5.24. The van der Waals surface area contributed by atoms with Crippen molar-refractivity contribution in [1.29, 1.82) is 0 Å². The van der Waals surface area contributed by atoms with Gasteiger partial charge >= 0.3 is 0 Å². The number of halogens is 1. The van der Waals surface area contributed by atoms with Crippen LogP contribution in [0.5, 0.6) is 0 Å². The summed E-state index contributed by atoms with van der Waals surface area (Å²) in [6.07, 6.45) is 8.48. The number of allylic oxidation sites excluding steroid dienone is 2. The Labute approximate surface area is 133 Å². The molecule has 0 aromatic heterocycles. The fourth-order valence-corrected chi connectivity index (χ4v) is 3.72. The number of hydrogen-bond acceptors (Lipinski definition) is 2. The van der Waals surface area contributed by atoms with Crippen molar-refractivity contribution in [3.05, 3.63) is 40.9 Å². The van der Waals surface area contributed by atoms with Gasteiger partial charge < -0.3 is 5.32 Å². The van der Waals surface area contributed by atoms with E-state index in [1.807, 2.05) is 18.2 Å². The zero-order chi connectivity index (χ0) is 14.2. The summed E-state index contributed by atoms with van der Waals surface area (Å²) in [5, 5.41) is 3.06. The van der Waals surface area contributed by atoms with Crippen molar-refractivity contribution in [1.82, 2.24) is 5.32 Å². The quantitative estimate of drug-likeness (QED) is 0.606. The Morgan fingerprint density at radius 3 is 2.95 bits per heavy atom. The van der Waals surface area contributed by atoms with Crippen LogP contribution in [-0.4, -0.2) is 18.2 Å². The predicted octanol–water partition coefficient (Wildman–Crippen LogP) is 4.40. The summed E-state index contributed by atoms with van der Waals surface area (Å²) in [5.74, 6) is 1.61. The van der Waals surface area contributed by atoms with E-state index >= 15 is 0 Å². The van der Waals surface area contributed by atoms with Gasteiger partial charge in [-0.1, -0.05) is 24.3 Å². The van der Waals surface area contributed by atoms with E-state index in [0.717, 1.165) is 29.6 Å². The van der Waals surface area contributed by atoms with E-state index in [1.165, 1.54) is 11.3 Å². The minimum Gasteiger partial charge on any atom is -0.356 e. The van der Waals surface area contributed by atoms with Crippen molar-refractivity contribution in [2.75, 3.05) is 12.3 Å². The number of nitrogens with one attached hydrogen (secondary N) is 1. The summed E-state index contributed by atoms with van der Waals surface area (Å²) in [6, 6.07) is 8.11. The first-order chi connectivity index (χ1) is 9.75. The molecule has 1 aliphatic carbocycles. The molecule has 2 nitrogen and oxygen atoms in total. The SMILES string of the molecule is O=C(CCSc1ccccc1Br)NCC1CC=CCC1. The number of hydrogen-bond donors (Lipinski definition) is 1. The maximum absolute atomic E-state index is 11.8. The van der Waals surface area contributed by atoms with Gasteiger partial charge in [0.2, 0.25) is 5.91 Å². The molecule has 0 heterocycles. The van der Waals surface area contributed by atoms with Gasteiger partial charge in [0, 0.05) is 28.1 Å². The van der Waals surface area contributed by atoms with E-state index in [0.29, 0.717) is 12.3 Å². The Morgan fingerprint density at radius 1 is 1.35 bits per heavy atom. The largest absolute Gasteiger partial charge is 0.356 e. The van der Waals surface area contributed by atoms with Gasteiger partial charge in [0.1, 0.15) is 0 Å². The second-order valence-corrected chi connectivity index (χ2v) is 6.97. The Bertz CT molecular complexity index is 475. The zero-order valence-electron chi connectivity index (χ0n) is 11.5. The van der Waals surface area contributed by atoms with Gasteiger partial charge in [0.15, 0.2) is 0 Å². The summed E-state index contributed by atoms with van der Waals surface area (Å²) in [7, 11) is 0. The van der Waals surface area contributed by atoms with Crippen molar-refractivity contribution in [2.24, 2.45) is 5.92 Å². The highest BCUT2D eigenvalue weighted by molar-refractivity contribution is 9.10. The van der Waals surface area contributed by atoms with Crippen molar-refractivity contribution in [3.8, 4) is 0 Å². The van der Waals surface area contributed by atoms with Crippen molar-refractivity contribution in [3.63, 3.8) is 0 Å². The topological polar surface area (TPSA) is 29.1 Å². The van der Waals surface area contributed by atoms with E-state index in [2.05, 4.69) is 39.5 Å². The zero-order valence-corrected chi connectivity index (χ0v) is 13.9. The number of amides is 1. The first-order valence-electron chi connectivity index (χ1n) is 7.04. The Hall–Kier alpha value is -0.740. The van der Waals surface area contributed by atoms with E-state index in [-0.39, 0.29) is 5.91 Å². The average molecular weight is 354 g/mol. The molecule has 0 fully saturated rings.